The van der Waals surface area contributed by atoms with Crippen molar-refractivity contribution in [2.75, 3.05) is 10.8 Å². The van der Waals surface area contributed by atoms with Crippen LogP contribution in [0.5, 0.6) is 0 Å². The molecule has 2 amide bonds. The molecule has 0 aromatic heterocycles. The van der Waals surface area contributed by atoms with E-state index in [1.165, 1.54) is 17.0 Å². The Balaban J connectivity index is 2.10. The third-order valence-corrected chi connectivity index (χ3v) is 8.92. The minimum Gasteiger partial charge on any atom is -0.352 e. The Hall–Kier alpha value is -3.07. The van der Waals surface area contributed by atoms with Crippen molar-refractivity contribution in [3.8, 4) is 0 Å². The van der Waals surface area contributed by atoms with Crippen LogP contribution >= 0.6 is 23.2 Å². The van der Waals surface area contributed by atoms with Gasteiger partial charge in [-0.05, 0) is 68.1 Å². The Morgan fingerprint density at radius 2 is 1.55 bits per heavy atom. The van der Waals surface area contributed by atoms with Gasteiger partial charge in [-0.15, -0.1) is 0 Å². The molecule has 1 unspecified atom stereocenters. The van der Waals surface area contributed by atoms with Gasteiger partial charge in [0.2, 0.25) is 11.8 Å². The molecule has 0 radical (unpaired) electrons. The van der Waals surface area contributed by atoms with Crippen molar-refractivity contribution in [3.05, 3.63) is 94.0 Å². The Morgan fingerprint density at radius 1 is 0.900 bits per heavy atom. The SMILES string of the molecule is CCc1ccccc1N(CC(=O)N(Cc1ccc(Cl)c(Cl)c1)C(CC)C(=O)NC(C)C)S(=O)(=O)c1ccccc1. The predicted octanol–water partition coefficient (Wildman–Crippen LogP) is 6.08. The van der Waals surface area contributed by atoms with Crippen molar-refractivity contribution in [2.45, 2.75) is 64.1 Å². The number of carbonyl (C=O) groups is 2. The summed E-state index contributed by atoms with van der Waals surface area (Å²) in [6, 6.07) is 19.1. The maximum Gasteiger partial charge on any atom is 0.264 e. The number of para-hydroxylation sites is 1. The van der Waals surface area contributed by atoms with Crippen molar-refractivity contribution in [1.29, 1.82) is 0 Å². The summed E-state index contributed by atoms with van der Waals surface area (Å²) in [4.78, 5) is 28.8. The van der Waals surface area contributed by atoms with Gasteiger partial charge < -0.3 is 10.2 Å². The van der Waals surface area contributed by atoms with E-state index in [1.807, 2.05) is 39.8 Å². The molecule has 0 aliphatic heterocycles. The molecular formula is C30H35Cl2N3O4S. The van der Waals surface area contributed by atoms with Crippen molar-refractivity contribution < 1.29 is 18.0 Å². The molecule has 40 heavy (non-hydrogen) atoms. The number of anilines is 1. The monoisotopic (exact) mass is 603 g/mol. The summed E-state index contributed by atoms with van der Waals surface area (Å²) in [5.74, 6) is -0.848. The Bertz CT molecular complexity index is 1430. The van der Waals surface area contributed by atoms with E-state index in [-0.39, 0.29) is 23.4 Å². The van der Waals surface area contributed by atoms with Crippen LogP contribution in [0, 0.1) is 0 Å². The molecule has 214 valence electrons. The number of nitrogens with zero attached hydrogens (tertiary/aromatic N) is 2. The summed E-state index contributed by atoms with van der Waals surface area (Å²) >= 11 is 12.3. The molecule has 0 saturated carbocycles. The lowest BCUT2D eigenvalue weighted by atomic mass is 10.1. The summed E-state index contributed by atoms with van der Waals surface area (Å²) in [5.41, 5.74) is 1.84. The van der Waals surface area contributed by atoms with Gasteiger partial charge in [-0.1, -0.05) is 79.5 Å². The molecule has 0 spiro atoms. The first kappa shape index (κ1) is 31.5. The lowest BCUT2D eigenvalue weighted by Crippen LogP contribution is -2.53. The largest absolute Gasteiger partial charge is 0.352 e. The fourth-order valence-electron chi connectivity index (χ4n) is 4.42. The topological polar surface area (TPSA) is 86.8 Å². The van der Waals surface area contributed by atoms with Crippen molar-refractivity contribution in [3.63, 3.8) is 0 Å². The second-order valence-corrected chi connectivity index (χ2v) is 12.3. The average molecular weight is 605 g/mol. The molecule has 0 heterocycles. The van der Waals surface area contributed by atoms with Gasteiger partial charge in [0.25, 0.3) is 10.0 Å². The Kier molecular flexibility index (Phi) is 11.0. The first-order valence-corrected chi connectivity index (χ1v) is 15.4. The Morgan fingerprint density at radius 3 is 2.15 bits per heavy atom. The summed E-state index contributed by atoms with van der Waals surface area (Å²) in [6.45, 7) is 6.95. The minimum absolute atomic E-state index is 0.0361. The van der Waals surface area contributed by atoms with Gasteiger partial charge in [0, 0.05) is 12.6 Å². The quantitative estimate of drug-likeness (QED) is 0.272. The first-order valence-electron chi connectivity index (χ1n) is 13.2. The molecule has 3 aromatic carbocycles. The highest BCUT2D eigenvalue weighted by Crippen LogP contribution is 2.29. The number of halogens is 2. The fraction of sp³-hybridized carbons (Fsp3) is 0.333. The molecule has 10 heteroatoms. The van der Waals surface area contributed by atoms with Crippen LogP contribution in [0.3, 0.4) is 0 Å². The second kappa shape index (κ2) is 14.0. The number of carbonyl (C=O) groups excluding carboxylic acids is 2. The van der Waals surface area contributed by atoms with Crippen molar-refractivity contribution in [1.82, 2.24) is 10.2 Å². The van der Waals surface area contributed by atoms with E-state index < -0.39 is 28.5 Å². The molecular weight excluding hydrogens is 569 g/mol. The number of rotatable bonds is 12. The molecule has 7 nitrogen and oxygen atoms in total. The zero-order valence-corrected chi connectivity index (χ0v) is 25.4. The fourth-order valence-corrected chi connectivity index (χ4v) is 6.21. The highest BCUT2D eigenvalue weighted by atomic mass is 35.5. The number of hydrogen-bond donors (Lipinski definition) is 1. The maximum atomic E-state index is 14.1. The average Bonchev–Trinajstić information content (AvgIpc) is 2.93. The summed E-state index contributed by atoms with van der Waals surface area (Å²) in [7, 11) is -4.13. The minimum atomic E-state index is -4.13. The smallest absolute Gasteiger partial charge is 0.264 e. The van der Waals surface area contributed by atoms with E-state index >= 15 is 0 Å². The maximum absolute atomic E-state index is 14.1. The van der Waals surface area contributed by atoms with Gasteiger partial charge >= 0.3 is 0 Å². The van der Waals surface area contributed by atoms with Crippen LogP contribution in [-0.4, -0.2) is 43.8 Å². The molecule has 0 fully saturated rings. The lowest BCUT2D eigenvalue weighted by Gasteiger charge is -2.34. The number of amides is 2. The molecule has 3 rings (SSSR count). The van der Waals surface area contributed by atoms with E-state index in [0.29, 0.717) is 34.1 Å². The first-order chi connectivity index (χ1) is 19.0. The molecule has 1 atom stereocenters. The second-order valence-electron chi connectivity index (χ2n) is 9.66. The molecule has 1 N–H and O–H groups in total. The van der Waals surface area contributed by atoms with E-state index in [4.69, 9.17) is 23.2 Å². The van der Waals surface area contributed by atoms with Crippen molar-refractivity contribution in [2.24, 2.45) is 0 Å². The van der Waals surface area contributed by atoms with Crippen LogP contribution in [-0.2, 0) is 32.6 Å². The predicted molar refractivity (Wildman–Crippen MR) is 161 cm³/mol. The van der Waals surface area contributed by atoms with Gasteiger partial charge in [0.05, 0.1) is 20.6 Å². The summed E-state index contributed by atoms with van der Waals surface area (Å²) in [5, 5.41) is 3.56. The third kappa shape index (κ3) is 7.56. The van der Waals surface area contributed by atoms with Crippen LogP contribution in [0.1, 0.15) is 45.2 Å². The van der Waals surface area contributed by atoms with Gasteiger partial charge in [-0.25, -0.2) is 8.42 Å². The van der Waals surface area contributed by atoms with E-state index in [0.717, 1.165) is 9.87 Å². The van der Waals surface area contributed by atoms with Crippen LogP contribution in [0.2, 0.25) is 10.0 Å². The normalized spacial score (nSPS) is 12.2. The van der Waals surface area contributed by atoms with E-state index in [2.05, 4.69) is 5.32 Å². The number of sulfonamides is 1. The van der Waals surface area contributed by atoms with Crippen LogP contribution < -0.4 is 9.62 Å². The summed E-state index contributed by atoms with van der Waals surface area (Å²) in [6.07, 6.45) is 0.884. The lowest BCUT2D eigenvalue weighted by molar-refractivity contribution is -0.140. The van der Waals surface area contributed by atoms with Gasteiger partial charge in [0.1, 0.15) is 12.6 Å². The van der Waals surface area contributed by atoms with Gasteiger partial charge in [0.15, 0.2) is 0 Å². The van der Waals surface area contributed by atoms with Gasteiger partial charge in [-0.2, -0.15) is 0 Å². The van der Waals surface area contributed by atoms with Crippen LogP contribution in [0.25, 0.3) is 0 Å². The zero-order chi connectivity index (χ0) is 29.4. The molecule has 3 aromatic rings. The van der Waals surface area contributed by atoms with Crippen LogP contribution in [0.4, 0.5) is 5.69 Å². The molecule has 0 aliphatic rings. The highest BCUT2D eigenvalue weighted by Gasteiger charge is 2.34. The standard InChI is InChI=1S/C30H35Cl2N3O4S/c1-5-23-12-10-11-15-28(23)35(40(38,39)24-13-8-7-9-14-24)20-29(36)34(27(6-2)30(37)33-21(3)4)19-22-16-17-25(31)26(32)18-22/h7-18,21,27H,5-6,19-20H2,1-4H3,(H,33,37). The highest BCUT2D eigenvalue weighted by molar-refractivity contribution is 7.92. The number of benzene rings is 3. The third-order valence-electron chi connectivity index (χ3n) is 6.41. The molecule has 0 saturated heterocycles. The number of hydrogen-bond acceptors (Lipinski definition) is 4. The Labute approximate surface area is 247 Å². The molecule has 0 bridgehead atoms. The van der Waals surface area contributed by atoms with Crippen LogP contribution in [0.15, 0.2) is 77.7 Å². The molecule has 0 aliphatic carbocycles. The number of aryl methyl sites for hydroxylation is 1. The van der Waals surface area contributed by atoms with Crippen molar-refractivity contribution >= 4 is 50.7 Å². The summed E-state index contributed by atoms with van der Waals surface area (Å²) < 4.78 is 29.1. The van der Waals surface area contributed by atoms with Gasteiger partial charge in [-0.3, -0.25) is 13.9 Å². The number of nitrogens with one attached hydrogen (secondary N) is 1. The zero-order valence-electron chi connectivity index (χ0n) is 23.1. The van der Waals surface area contributed by atoms with E-state index in [1.54, 1.807) is 48.5 Å². The van der Waals surface area contributed by atoms with E-state index in [9.17, 15) is 18.0 Å².